The van der Waals surface area contributed by atoms with Crippen LogP contribution in [0, 0.1) is 0 Å². The van der Waals surface area contributed by atoms with Crippen LogP contribution in [0.4, 0.5) is 0 Å². The maximum Gasteiger partial charge on any atom is 0.252 e. The second kappa shape index (κ2) is 2.07. The van der Waals surface area contributed by atoms with E-state index in [1.807, 2.05) is 5.38 Å². The summed E-state index contributed by atoms with van der Waals surface area (Å²) >= 11 is 4.94. The number of nitrogens with one attached hydrogen (secondary N) is 1. The van der Waals surface area contributed by atoms with Gasteiger partial charge in [-0.25, -0.2) is 0 Å². The molecule has 0 unspecified atom stereocenters. The molecule has 1 aliphatic heterocycles. The predicted molar refractivity (Wildman–Crippen MR) is 43.2 cm³/mol. The Morgan fingerprint density at radius 1 is 1.70 bits per heavy atom. The Kier molecular flexibility index (Phi) is 1.32. The second-order valence-corrected chi connectivity index (χ2v) is 4.28. The molecule has 0 saturated carbocycles. The number of carbonyl (C=O) groups excluding carboxylic acids is 1. The van der Waals surface area contributed by atoms with E-state index < -0.39 is 0 Å². The highest BCUT2D eigenvalue weighted by molar-refractivity contribution is 9.11. The number of hydrogen-bond acceptors (Lipinski definition) is 2. The van der Waals surface area contributed by atoms with Crippen molar-refractivity contribution in [3.63, 3.8) is 0 Å². The summed E-state index contributed by atoms with van der Waals surface area (Å²) in [6.07, 6.45) is 0. The van der Waals surface area contributed by atoms with Crippen molar-refractivity contribution < 1.29 is 4.79 Å². The average molecular weight is 218 g/mol. The normalized spacial score (nSPS) is 15.1. The molecule has 0 bridgehead atoms. The lowest BCUT2D eigenvalue weighted by Crippen LogP contribution is -2.12. The fourth-order valence-electron chi connectivity index (χ4n) is 0.978. The Morgan fingerprint density at radius 3 is 3.20 bits per heavy atom. The van der Waals surface area contributed by atoms with Crippen molar-refractivity contribution in [2.24, 2.45) is 0 Å². The lowest BCUT2D eigenvalue weighted by Gasteiger charge is -1.87. The van der Waals surface area contributed by atoms with Crippen LogP contribution in [0.25, 0.3) is 0 Å². The first-order valence-corrected chi connectivity index (χ1v) is 4.50. The Bertz CT molecular complexity index is 294. The summed E-state index contributed by atoms with van der Waals surface area (Å²) in [6, 6.07) is 0. The van der Waals surface area contributed by atoms with Gasteiger partial charge in [0, 0.05) is 17.5 Å². The van der Waals surface area contributed by atoms with Crippen LogP contribution in [0.3, 0.4) is 0 Å². The van der Waals surface area contributed by atoms with Crippen molar-refractivity contribution in [1.29, 1.82) is 0 Å². The van der Waals surface area contributed by atoms with Crippen LogP contribution in [0.1, 0.15) is 15.9 Å². The molecule has 4 heteroatoms. The van der Waals surface area contributed by atoms with E-state index in [0.717, 1.165) is 14.9 Å². The summed E-state index contributed by atoms with van der Waals surface area (Å²) in [6.45, 7) is 0.679. The number of amides is 1. The van der Waals surface area contributed by atoms with Crippen LogP contribution in [0.5, 0.6) is 0 Å². The van der Waals surface area contributed by atoms with Gasteiger partial charge in [-0.05, 0) is 15.9 Å². The van der Waals surface area contributed by atoms with Crippen molar-refractivity contribution in [2.45, 2.75) is 6.54 Å². The van der Waals surface area contributed by atoms with Crippen molar-refractivity contribution in [1.82, 2.24) is 5.32 Å². The van der Waals surface area contributed by atoms with E-state index in [2.05, 4.69) is 21.2 Å². The smallest absolute Gasteiger partial charge is 0.252 e. The molecule has 1 N–H and O–H groups in total. The SMILES string of the molecule is O=C1NCc2c1csc2Br. The number of rotatable bonds is 0. The molecule has 2 heterocycles. The van der Waals surface area contributed by atoms with Gasteiger partial charge in [-0.2, -0.15) is 0 Å². The molecule has 0 aromatic carbocycles. The first kappa shape index (κ1) is 6.37. The highest BCUT2D eigenvalue weighted by Gasteiger charge is 2.22. The van der Waals surface area contributed by atoms with Crippen LogP contribution in [0.15, 0.2) is 9.17 Å². The highest BCUT2D eigenvalue weighted by atomic mass is 79.9. The third-order valence-corrected chi connectivity index (χ3v) is 3.36. The minimum Gasteiger partial charge on any atom is -0.348 e. The summed E-state index contributed by atoms with van der Waals surface area (Å²) in [5, 5.41) is 4.62. The number of halogens is 1. The second-order valence-electron chi connectivity index (χ2n) is 2.08. The maximum absolute atomic E-state index is 11.0. The summed E-state index contributed by atoms with van der Waals surface area (Å²) in [4.78, 5) is 11.0. The molecule has 2 nitrogen and oxygen atoms in total. The minimum absolute atomic E-state index is 0.0527. The molecule has 0 atom stereocenters. The molecule has 0 saturated heterocycles. The first-order chi connectivity index (χ1) is 4.79. The molecular weight excluding hydrogens is 214 g/mol. The van der Waals surface area contributed by atoms with Gasteiger partial charge in [0.05, 0.1) is 9.35 Å². The Hall–Kier alpha value is -0.350. The zero-order valence-electron chi connectivity index (χ0n) is 4.98. The summed E-state index contributed by atoms with van der Waals surface area (Å²) < 4.78 is 1.07. The molecule has 10 heavy (non-hydrogen) atoms. The van der Waals surface area contributed by atoms with E-state index in [9.17, 15) is 4.79 Å². The number of fused-ring (bicyclic) bond motifs is 1. The van der Waals surface area contributed by atoms with Gasteiger partial charge >= 0.3 is 0 Å². The largest absolute Gasteiger partial charge is 0.348 e. The molecule has 0 aliphatic carbocycles. The van der Waals surface area contributed by atoms with Crippen LogP contribution in [-0.4, -0.2) is 5.91 Å². The fourth-order valence-corrected chi connectivity index (χ4v) is 2.41. The molecule has 0 radical (unpaired) electrons. The molecule has 52 valence electrons. The van der Waals surface area contributed by atoms with Crippen molar-refractivity contribution in [3.8, 4) is 0 Å². The number of thiophene rings is 1. The van der Waals surface area contributed by atoms with E-state index >= 15 is 0 Å². The molecule has 1 aromatic rings. The van der Waals surface area contributed by atoms with Crippen molar-refractivity contribution in [3.05, 3.63) is 20.3 Å². The summed E-state index contributed by atoms with van der Waals surface area (Å²) in [5.74, 6) is 0.0527. The van der Waals surface area contributed by atoms with Crippen LogP contribution >= 0.6 is 27.3 Å². The van der Waals surface area contributed by atoms with Gasteiger partial charge < -0.3 is 5.32 Å². The third kappa shape index (κ3) is 0.722. The minimum atomic E-state index is 0.0527. The molecule has 2 rings (SSSR count). The van der Waals surface area contributed by atoms with Gasteiger partial charge in [-0.15, -0.1) is 11.3 Å². The van der Waals surface area contributed by atoms with E-state index in [1.54, 1.807) is 11.3 Å². The fraction of sp³-hybridized carbons (Fsp3) is 0.167. The molecule has 1 amide bonds. The topological polar surface area (TPSA) is 29.1 Å². The number of carbonyl (C=O) groups is 1. The monoisotopic (exact) mass is 217 g/mol. The first-order valence-electron chi connectivity index (χ1n) is 2.83. The van der Waals surface area contributed by atoms with E-state index in [-0.39, 0.29) is 5.91 Å². The molecular formula is C6H4BrNOS. The van der Waals surface area contributed by atoms with Crippen molar-refractivity contribution in [2.75, 3.05) is 0 Å². The van der Waals surface area contributed by atoms with Gasteiger partial charge in [-0.1, -0.05) is 0 Å². The lowest BCUT2D eigenvalue weighted by molar-refractivity contribution is 0.0966. The Labute approximate surface area is 70.4 Å². The number of hydrogen-bond donors (Lipinski definition) is 1. The lowest BCUT2D eigenvalue weighted by atomic mass is 10.2. The summed E-state index contributed by atoms with van der Waals surface area (Å²) in [5.41, 5.74) is 1.94. The third-order valence-electron chi connectivity index (χ3n) is 1.51. The maximum atomic E-state index is 11.0. The standard InChI is InChI=1S/C6H4BrNOS/c7-5-3-1-8-6(9)4(3)2-10-5/h2H,1H2,(H,8,9). The molecule has 1 aliphatic rings. The van der Waals surface area contributed by atoms with Gasteiger partial charge in [0.25, 0.3) is 5.91 Å². The quantitative estimate of drug-likeness (QED) is 0.706. The zero-order valence-corrected chi connectivity index (χ0v) is 7.38. The van der Waals surface area contributed by atoms with Gasteiger partial charge in [-0.3, -0.25) is 4.79 Å². The Balaban J connectivity index is 2.63. The molecule has 0 spiro atoms. The van der Waals surface area contributed by atoms with E-state index in [1.165, 1.54) is 0 Å². The van der Waals surface area contributed by atoms with Crippen LogP contribution < -0.4 is 5.32 Å². The van der Waals surface area contributed by atoms with Gasteiger partial charge in [0.2, 0.25) is 0 Å². The van der Waals surface area contributed by atoms with Gasteiger partial charge in [0.15, 0.2) is 0 Å². The Morgan fingerprint density at radius 2 is 2.50 bits per heavy atom. The van der Waals surface area contributed by atoms with Crippen LogP contribution in [0.2, 0.25) is 0 Å². The average Bonchev–Trinajstić information content (AvgIpc) is 2.41. The van der Waals surface area contributed by atoms with E-state index in [4.69, 9.17) is 0 Å². The summed E-state index contributed by atoms with van der Waals surface area (Å²) in [7, 11) is 0. The van der Waals surface area contributed by atoms with E-state index in [0.29, 0.717) is 6.54 Å². The molecule has 1 aromatic heterocycles. The van der Waals surface area contributed by atoms with Crippen LogP contribution in [-0.2, 0) is 6.54 Å². The van der Waals surface area contributed by atoms with Gasteiger partial charge in [0.1, 0.15) is 0 Å². The molecule has 0 fully saturated rings. The zero-order chi connectivity index (χ0) is 7.14. The highest BCUT2D eigenvalue weighted by Crippen LogP contribution is 2.30. The van der Waals surface area contributed by atoms with Crippen molar-refractivity contribution >= 4 is 33.2 Å². The predicted octanol–water partition coefficient (Wildman–Crippen LogP) is 1.75.